The summed E-state index contributed by atoms with van der Waals surface area (Å²) in [4.78, 5) is 12.2. The molecule has 1 amide bonds. The fraction of sp³-hybridized carbons (Fsp3) is 0.158. The lowest BCUT2D eigenvalue weighted by Crippen LogP contribution is -2.12. The summed E-state index contributed by atoms with van der Waals surface area (Å²) in [7, 11) is 1.82. The van der Waals surface area contributed by atoms with Gasteiger partial charge in [-0.05, 0) is 47.9 Å². The molecule has 0 bridgehead atoms. The van der Waals surface area contributed by atoms with Gasteiger partial charge in [0.15, 0.2) is 0 Å². The molecule has 2 heterocycles. The van der Waals surface area contributed by atoms with Crippen LogP contribution in [0.15, 0.2) is 36.5 Å². The number of benzene rings is 2. The Bertz CT molecular complexity index is 1000. The fourth-order valence-corrected chi connectivity index (χ4v) is 3.35. The van der Waals surface area contributed by atoms with Crippen LogP contribution in [-0.2, 0) is 13.6 Å². The third-order valence-corrected chi connectivity index (χ3v) is 4.54. The first-order valence-corrected chi connectivity index (χ1v) is 7.85. The molecule has 2 aromatic carbocycles. The normalized spacial score (nSPS) is 13.0. The maximum atomic E-state index is 14.3. The summed E-state index contributed by atoms with van der Waals surface area (Å²) < 4.78 is 29.2. The van der Waals surface area contributed by atoms with Gasteiger partial charge in [-0.3, -0.25) is 9.48 Å². The van der Waals surface area contributed by atoms with Crippen LogP contribution < -0.4 is 5.32 Å². The molecule has 1 aliphatic rings. The van der Waals surface area contributed by atoms with E-state index in [2.05, 4.69) is 10.4 Å². The molecule has 3 aromatic rings. The first-order valence-electron chi connectivity index (χ1n) is 7.85. The van der Waals surface area contributed by atoms with E-state index in [0.29, 0.717) is 17.7 Å². The topological polar surface area (TPSA) is 46.9 Å². The minimum absolute atomic E-state index is 0.194. The Morgan fingerprint density at radius 1 is 1.12 bits per heavy atom. The number of fused-ring (bicyclic) bond motifs is 1. The number of halogens is 2. The van der Waals surface area contributed by atoms with Crippen molar-refractivity contribution in [2.45, 2.75) is 13.5 Å². The predicted molar refractivity (Wildman–Crippen MR) is 89.9 cm³/mol. The van der Waals surface area contributed by atoms with Crippen molar-refractivity contribution in [1.82, 2.24) is 15.1 Å². The summed E-state index contributed by atoms with van der Waals surface area (Å²) in [5.41, 5.74) is 4.82. The second-order valence-electron chi connectivity index (χ2n) is 6.16. The Morgan fingerprint density at radius 2 is 1.88 bits per heavy atom. The lowest BCUT2D eigenvalue weighted by atomic mass is 9.92. The zero-order chi connectivity index (χ0) is 17.7. The van der Waals surface area contributed by atoms with Crippen molar-refractivity contribution in [2.75, 3.05) is 0 Å². The number of nitrogens with zero attached hydrogens (tertiary/aromatic N) is 2. The molecule has 4 nitrogen and oxygen atoms in total. The number of aryl methyl sites for hydroxylation is 2. The van der Waals surface area contributed by atoms with E-state index in [1.807, 2.05) is 20.0 Å². The van der Waals surface area contributed by atoms with Crippen molar-refractivity contribution in [2.24, 2.45) is 7.05 Å². The van der Waals surface area contributed by atoms with Gasteiger partial charge in [0.25, 0.3) is 5.91 Å². The smallest absolute Gasteiger partial charge is 0.251 e. The first-order chi connectivity index (χ1) is 12.0. The average molecular weight is 339 g/mol. The molecule has 1 aliphatic heterocycles. The van der Waals surface area contributed by atoms with Gasteiger partial charge < -0.3 is 5.32 Å². The molecular weight excluding hydrogens is 324 g/mol. The zero-order valence-electron chi connectivity index (χ0n) is 13.7. The van der Waals surface area contributed by atoms with Crippen LogP contribution in [0, 0.1) is 18.6 Å². The summed E-state index contributed by atoms with van der Waals surface area (Å²) in [5, 5.41) is 7.06. The van der Waals surface area contributed by atoms with Crippen LogP contribution in [0.25, 0.3) is 22.4 Å². The van der Waals surface area contributed by atoms with Gasteiger partial charge in [0, 0.05) is 36.3 Å². The Kier molecular flexibility index (Phi) is 3.42. The van der Waals surface area contributed by atoms with Crippen molar-refractivity contribution in [1.29, 1.82) is 0 Å². The molecule has 0 aliphatic carbocycles. The summed E-state index contributed by atoms with van der Waals surface area (Å²) in [6.45, 7) is 2.35. The van der Waals surface area contributed by atoms with Crippen molar-refractivity contribution >= 4 is 5.91 Å². The highest BCUT2D eigenvalue weighted by atomic mass is 19.1. The highest BCUT2D eigenvalue weighted by Gasteiger charge is 2.26. The lowest BCUT2D eigenvalue weighted by Gasteiger charge is -2.13. The summed E-state index contributed by atoms with van der Waals surface area (Å²) >= 11 is 0. The molecule has 0 unspecified atom stereocenters. The van der Waals surface area contributed by atoms with E-state index in [0.717, 1.165) is 28.5 Å². The predicted octanol–water partition coefficient (Wildman–Crippen LogP) is 3.58. The van der Waals surface area contributed by atoms with Crippen molar-refractivity contribution in [3.8, 4) is 22.4 Å². The standard InChI is InChI=1S/C19H15F2N3O/c1-10-8-23-24(2)18(10)14-5-11(6-15-16(14)9-22-19(15)25)13-4-3-12(20)7-17(13)21/h3-8H,9H2,1-2H3,(H,22,25). The number of carbonyl (C=O) groups excluding carboxylic acids is 1. The second-order valence-corrected chi connectivity index (χ2v) is 6.16. The summed E-state index contributed by atoms with van der Waals surface area (Å²) in [6.07, 6.45) is 1.75. The second kappa shape index (κ2) is 5.51. The van der Waals surface area contributed by atoms with Crippen LogP contribution in [0.2, 0.25) is 0 Å². The van der Waals surface area contributed by atoms with Crippen molar-refractivity contribution in [3.63, 3.8) is 0 Å². The maximum absolute atomic E-state index is 14.3. The Labute approximate surface area is 143 Å². The number of carbonyl (C=O) groups is 1. The number of rotatable bonds is 2. The van der Waals surface area contributed by atoms with Gasteiger partial charge in [0.2, 0.25) is 0 Å². The van der Waals surface area contributed by atoms with Crippen LogP contribution >= 0.6 is 0 Å². The fourth-order valence-electron chi connectivity index (χ4n) is 3.35. The van der Waals surface area contributed by atoms with Crippen LogP contribution in [-0.4, -0.2) is 15.7 Å². The number of hydrogen-bond donors (Lipinski definition) is 1. The van der Waals surface area contributed by atoms with E-state index >= 15 is 0 Å². The average Bonchev–Trinajstić information content (AvgIpc) is 3.10. The Morgan fingerprint density at radius 3 is 2.56 bits per heavy atom. The van der Waals surface area contributed by atoms with Gasteiger partial charge >= 0.3 is 0 Å². The number of aromatic nitrogens is 2. The van der Waals surface area contributed by atoms with Crippen LogP contribution in [0.3, 0.4) is 0 Å². The molecule has 126 valence electrons. The lowest BCUT2D eigenvalue weighted by molar-refractivity contribution is 0.0966. The molecule has 6 heteroatoms. The highest BCUT2D eigenvalue weighted by Crippen LogP contribution is 2.36. The Hall–Kier alpha value is -3.02. The van der Waals surface area contributed by atoms with Gasteiger partial charge in [0.1, 0.15) is 11.6 Å². The third-order valence-electron chi connectivity index (χ3n) is 4.54. The maximum Gasteiger partial charge on any atom is 0.251 e. The third kappa shape index (κ3) is 2.41. The van der Waals surface area contributed by atoms with E-state index in [-0.39, 0.29) is 11.5 Å². The van der Waals surface area contributed by atoms with E-state index in [1.54, 1.807) is 16.9 Å². The Balaban J connectivity index is 2.01. The monoisotopic (exact) mass is 339 g/mol. The van der Waals surface area contributed by atoms with Crippen molar-refractivity contribution < 1.29 is 13.6 Å². The van der Waals surface area contributed by atoms with Gasteiger partial charge in [-0.1, -0.05) is 0 Å². The largest absolute Gasteiger partial charge is 0.348 e. The number of nitrogens with one attached hydrogen (secondary N) is 1. The van der Waals surface area contributed by atoms with Gasteiger partial charge in [-0.25, -0.2) is 8.78 Å². The van der Waals surface area contributed by atoms with E-state index < -0.39 is 11.6 Å². The molecular formula is C19H15F2N3O. The summed E-state index contributed by atoms with van der Waals surface area (Å²) in [5.74, 6) is -1.49. The van der Waals surface area contributed by atoms with E-state index in [4.69, 9.17) is 0 Å². The molecule has 0 saturated carbocycles. The van der Waals surface area contributed by atoms with Gasteiger partial charge in [0.05, 0.1) is 11.9 Å². The molecule has 0 radical (unpaired) electrons. The molecule has 0 spiro atoms. The van der Waals surface area contributed by atoms with Crippen LogP contribution in [0.4, 0.5) is 8.78 Å². The molecule has 0 fully saturated rings. The first kappa shape index (κ1) is 15.5. The van der Waals surface area contributed by atoms with Gasteiger partial charge in [-0.2, -0.15) is 5.10 Å². The zero-order valence-corrected chi connectivity index (χ0v) is 13.7. The SMILES string of the molecule is Cc1cnn(C)c1-c1cc(-c2ccc(F)cc2F)cc2c1CNC2=O. The van der Waals surface area contributed by atoms with E-state index in [9.17, 15) is 13.6 Å². The summed E-state index contributed by atoms with van der Waals surface area (Å²) in [6, 6.07) is 6.93. The molecule has 0 atom stereocenters. The molecule has 1 aromatic heterocycles. The molecule has 1 N–H and O–H groups in total. The van der Waals surface area contributed by atoms with E-state index in [1.165, 1.54) is 12.1 Å². The van der Waals surface area contributed by atoms with Crippen LogP contribution in [0.1, 0.15) is 21.5 Å². The quantitative estimate of drug-likeness (QED) is 0.776. The molecule has 0 saturated heterocycles. The number of hydrogen-bond acceptors (Lipinski definition) is 2. The van der Waals surface area contributed by atoms with Crippen molar-refractivity contribution in [3.05, 3.63) is 64.9 Å². The minimum atomic E-state index is -0.661. The van der Waals surface area contributed by atoms with Crippen LogP contribution in [0.5, 0.6) is 0 Å². The van der Waals surface area contributed by atoms with Gasteiger partial charge in [-0.15, -0.1) is 0 Å². The molecule has 25 heavy (non-hydrogen) atoms. The highest BCUT2D eigenvalue weighted by molar-refractivity contribution is 6.02. The minimum Gasteiger partial charge on any atom is -0.348 e. The molecule has 4 rings (SSSR count). The number of amides is 1.